The lowest BCUT2D eigenvalue weighted by molar-refractivity contribution is -0.134. The predicted octanol–water partition coefficient (Wildman–Crippen LogP) is 3.83. The number of rotatable bonds is 10. The van der Waals surface area contributed by atoms with Crippen molar-refractivity contribution in [3.8, 4) is 17.6 Å². The smallest absolute Gasteiger partial charge is 0.260 e. The summed E-state index contributed by atoms with van der Waals surface area (Å²) in [6.45, 7) is 3.55. The van der Waals surface area contributed by atoms with Crippen molar-refractivity contribution in [3.63, 3.8) is 0 Å². The number of benzene rings is 2. The van der Waals surface area contributed by atoms with Crippen LogP contribution in [0.2, 0.25) is 0 Å². The van der Waals surface area contributed by atoms with Gasteiger partial charge < -0.3 is 19.3 Å². The van der Waals surface area contributed by atoms with Gasteiger partial charge in [-0.3, -0.25) is 4.79 Å². The van der Waals surface area contributed by atoms with Crippen LogP contribution in [0.4, 0.5) is 4.39 Å². The molecule has 0 spiro atoms. The second kappa shape index (κ2) is 11.5. The summed E-state index contributed by atoms with van der Waals surface area (Å²) in [6, 6.07) is 11.3. The molecule has 2 rings (SSSR count). The third-order valence-electron chi connectivity index (χ3n) is 4.23. The molecule has 0 unspecified atom stereocenters. The number of ether oxygens (including phenoxy) is 2. The molecule has 0 saturated carbocycles. The van der Waals surface area contributed by atoms with Crippen molar-refractivity contribution >= 4 is 21.8 Å². The normalized spacial score (nSPS) is 10.6. The van der Waals surface area contributed by atoms with Gasteiger partial charge in [0, 0.05) is 25.7 Å². The summed E-state index contributed by atoms with van der Waals surface area (Å²) in [5.74, 6) is 0.246. The van der Waals surface area contributed by atoms with Crippen molar-refractivity contribution in [2.24, 2.45) is 0 Å². The van der Waals surface area contributed by atoms with Crippen molar-refractivity contribution in [1.82, 2.24) is 9.80 Å². The number of hydrogen-bond donors (Lipinski definition) is 0. The van der Waals surface area contributed by atoms with Crippen LogP contribution >= 0.6 is 15.9 Å². The Balaban J connectivity index is 2.14. The Bertz CT molecular complexity index is 898. The van der Waals surface area contributed by atoms with E-state index in [0.29, 0.717) is 47.8 Å². The van der Waals surface area contributed by atoms with Crippen LogP contribution in [0, 0.1) is 17.1 Å². The third kappa shape index (κ3) is 7.01. The molecule has 0 aliphatic carbocycles. The average Bonchev–Trinajstić information content (AvgIpc) is 2.71. The first-order chi connectivity index (χ1) is 14.3. The summed E-state index contributed by atoms with van der Waals surface area (Å²) < 4.78 is 25.1. The van der Waals surface area contributed by atoms with Crippen LogP contribution in [0.3, 0.4) is 0 Å². The number of carbonyl (C=O) groups excluding carboxylic acids is 1. The Morgan fingerprint density at radius 1 is 1.17 bits per heavy atom. The zero-order valence-corrected chi connectivity index (χ0v) is 18.9. The Morgan fingerprint density at radius 3 is 2.47 bits per heavy atom. The highest BCUT2D eigenvalue weighted by molar-refractivity contribution is 9.10. The number of nitriles is 1. The van der Waals surface area contributed by atoms with Crippen LogP contribution in [0.25, 0.3) is 0 Å². The summed E-state index contributed by atoms with van der Waals surface area (Å²) in [4.78, 5) is 16.6. The van der Waals surface area contributed by atoms with Crippen molar-refractivity contribution in [2.45, 2.75) is 13.5 Å². The van der Waals surface area contributed by atoms with E-state index in [1.807, 2.05) is 25.9 Å². The third-order valence-corrected chi connectivity index (χ3v) is 4.82. The summed E-state index contributed by atoms with van der Waals surface area (Å²) in [6.07, 6.45) is 0. The fourth-order valence-corrected chi connectivity index (χ4v) is 3.24. The number of nitrogens with zero attached hydrogens (tertiary/aromatic N) is 3. The van der Waals surface area contributed by atoms with Crippen molar-refractivity contribution in [1.29, 1.82) is 5.26 Å². The van der Waals surface area contributed by atoms with Gasteiger partial charge in [0.25, 0.3) is 5.91 Å². The van der Waals surface area contributed by atoms with E-state index in [0.717, 1.165) is 5.56 Å². The van der Waals surface area contributed by atoms with Gasteiger partial charge in [0.1, 0.15) is 5.82 Å². The van der Waals surface area contributed by atoms with E-state index >= 15 is 0 Å². The highest BCUT2D eigenvalue weighted by Gasteiger charge is 2.18. The lowest BCUT2D eigenvalue weighted by atomic mass is 10.2. The molecular formula is C22H25BrFN3O3. The predicted molar refractivity (Wildman–Crippen MR) is 116 cm³/mol. The maximum atomic E-state index is 13.2. The minimum Gasteiger partial charge on any atom is -0.490 e. The zero-order chi connectivity index (χ0) is 22.1. The van der Waals surface area contributed by atoms with E-state index in [4.69, 9.17) is 14.7 Å². The molecule has 0 aliphatic heterocycles. The van der Waals surface area contributed by atoms with Crippen LogP contribution in [0.15, 0.2) is 40.9 Å². The molecule has 0 fully saturated rings. The van der Waals surface area contributed by atoms with E-state index in [9.17, 15) is 9.18 Å². The first kappa shape index (κ1) is 23.6. The van der Waals surface area contributed by atoms with Crippen molar-refractivity contribution in [2.75, 3.05) is 40.4 Å². The molecule has 2 aromatic carbocycles. The number of hydrogen-bond acceptors (Lipinski definition) is 5. The molecule has 30 heavy (non-hydrogen) atoms. The fourth-order valence-electron chi connectivity index (χ4n) is 2.68. The molecule has 0 aliphatic rings. The topological polar surface area (TPSA) is 65.8 Å². The molecule has 8 heteroatoms. The molecule has 160 valence electrons. The van der Waals surface area contributed by atoms with Crippen LogP contribution in [0.5, 0.6) is 11.5 Å². The number of carbonyl (C=O) groups is 1. The van der Waals surface area contributed by atoms with Crippen LogP contribution in [-0.2, 0) is 11.3 Å². The Morgan fingerprint density at radius 2 is 1.87 bits per heavy atom. The molecule has 6 nitrogen and oxygen atoms in total. The fraction of sp³-hybridized carbons (Fsp3) is 0.364. The standard InChI is InChI=1S/C22H25BrFN3O3/c1-4-29-20-12-17(13-25)11-19(23)22(20)30-15-21(28)27(10-9-26(2)3)14-16-5-7-18(24)8-6-16/h5-8,11-12H,4,9-10,14-15H2,1-3H3. The SMILES string of the molecule is CCOc1cc(C#N)cc(Br)c1OCC(=O)N(CCN(C)C)Cc1ccc(F)cc1. The highest BCUT2D eigenvalue weighted by Crippen LogP contribution is 2.36. The maximum absolute atomic E-state index is 13.2. The van der Waals surface area contributed by atoms with Gasteiger partial charge in [0.05, 0.1) is 22.7 Å². The average molecular weight is 478 g/mol. The number of likely N-dealkylation sites (N-methyl/N-ethyl adjacent to an activating group) is 1. The van der Waals surface area contributed by atoms with E-state index in [1.165, 1.54) is 12.1 Å². The molecule has 0 saturated heterocycles. The molecule has 0 radical (unpaired) electrons. The molecule has 0 N–H and O–H groups in total. The Hall–Kier alpha value is -2.63. The van der Waals surface area contributed by atoms with Gasteiger partial charge in [0.15, 0.2) is 18.1 Å². The first-order valence-corrected chi connectivity index (χ1v) is 10.3. The van der Waals surface area contributed by atoms with E-state index in [2.05, 4.69) is 22.0 Å². The van der Waals surface area contributed by atoms with E-state index < -0.39 is 0 Å². The van der Waals surface area contributed by atoms with Gasteiger partial charge in [0.2, 0.25) is 0 Å². The number of halogens is 2. The lowest BCUT2D eigenvalue weighted by Gasteiger charge is -2.25. The van der Waals surface area contributed by atoms with E-state index in [-0.39, 0.29) is 18.3 Å². The first-order valence-electron chi connectivity index (χ1n) is 9.50. The largest absolute Gasteiger partial charge is 0.490 e. The van der Waals surface area contributed by atoms with Crippen LogP contribution in [-0.4, -0.2) is 56.1 Å². The molecule has 2 aromatic rings. The minimum absolute atomic E-state index is 0.195. The van der Waals surface area contributed by atoms with Gasteiger partial charge in [-0.25, -0.2) is 4.39 Å². The molecule has 0 aromatic heterocycles. The molecule has 0 atom stereocenters. The van der Waals surface area contributed by atoms with E-state index in [1.54, 1.807) is 29.2 Å². The zero-order valence-electron chi connectivity index (χ0n) is 17.3. The van der Waals surface area contributed by atoms with Gasteiger partial charge in [-0.2, -0.15) is 5.26 Å². The number of amides is 1. The Kier molecular flexibility index (Phi) is 9.09. The summed E-state index contributed by atoms with van der Waals surface area (Å²) in [5, 5.41) is 9.14. The van der Waals surface area contributed by atoms with Gasteiger partial charge in [-0.1, -0.05) is 12.1 Å². The maximum Gasteiger partial charge on any atom is 0.260 e. The molecular weight excluding hydrogens is 453 g/mol. The summed E-state index contributed by atoms with van der Waals surface area (Å²) in [5.41, 5.74) is 1.26. The summed E-state index contributed by atoms with van der Waals surface area (Å²) >= 11 is 3.38. The summed E-state index contributed by atoms with van der Waals surface area (Å²) in [7, 11) is 3.86. The molecule has 1 amide bonds. The van der Waals surface area contributed by atoms with Crippen molar-refractivity contribution < 1.29 is 18.7 Å². The van der Waals surface area contributed by atoms with Crippen LogP contribution in [0.1, 0.15) is 18.1 Å². The van der Waals surface area contributed by atoms with Crippen LogP contribution < -0.4 is 9.47 Å². The highest BCUT2D eigenvalue weighted by atomic mass is 79.9. The lowest BCUT2D eigenvalue weighted by Crippen LogP contribution is -2.39. The Labute approximate surface area is 184 Å². The molecule has 0 heterocycles. The minimum atomic E-state index is -0.317. The second-order valence-corrected chi connectivity index (χ2v) is 7.72. The van der Waals surface area contributed by atoms with Gasteiger partial charge >= 0.3 is 0 Å². The van der Waals surface area contributed by atoms with Crippen molar-refractivity contribution in [3.05, 3.63) is 57.8 Å². The monoisotopic (exact) mass is 477 g/mol. The van der Waals surface area contributed by atoms with Gasteiger partial charge in [-0.15, -0.1) is 0 Å². The van der Waals surface area contributed by atoms with Gasteiger partial charge in [-0.05, 0) is 60.7 Å². The quantitative estimate of drug-likeness (QED) is 0.520. The molecule has 0 bridgehead atoms. The second-order valence-electron chi connectivity index (χ2n) is 6.86.